The van der Waals surface area contributed by atoms with Gasteiger partial charge >= 0.3 is 0 Å². The molecule has 2 nitrogen and oxygen atoms in total. The molecule has 10 heavy (non-hydrogen) atoms. The van der Waals surface area contributed by atoms with Crippen LogP contribution in [0.25, 0.3) is 0 Å². The molecule has 56 valence electrons. The topological polar surface area (TPSA) is 26.3 Å². The van der Waals surface area contributed by atoms with Crippen LogP contribution in [0.4, 0.5) is 0 Å². The average Bonchev–Trinajstić information content (AvgIpc) is 2.13. The van der Waals surface area contributed by atoms with Gasteiger partial charge < -0.3 is 4.74 Å². The summed E-state index contributed by atoms with van der Waals surface area (Å²) in [5, 5.41) is 0. The van der Waals surface area contributed by atoms with Crippen LogP contribution in [-0.4, -0.2) is 11.4 Å². The Bertz CT molecular complexity index is 193. The third-order valence-electron chi connectivity index (χ3n) is 1.91. The molecule has 1 aliphatic rings. The minimum absolute atomic E-state index is 0.0978. The number of allylic oxidation sites excluding steroid dienone is 1. The summed E-state index contributed by atoms with van der Waals surface area (Å²) in [4.78, 5) is 11.0. The molecule has 1 atom stereocenters. The van der Waals surface area contributed by atoms with Crippen LogP contribution in [0.3, 0.4) is 0 Å². The van der Waals surface area contributed by atoms with E-state index in [9.17, 15) is 4.79 Å². The van der Waals surface area contributed by atoms with Gasteiger partial charge in [-0.3, -0.25) is 4.79 Å². The van der Waals surface area contributed by atoms with Crippen LogP contribution in [-0.2, 0) is 9.53 Å². The Morgan fingerprint density at radius 2 is 2.40 bits per heavy atom. The van der Waals surface area contributed by atoms with E-state index in [0.29, 0.717) is 6.42 Å². The first-order chi connectivity index (χ1) is 4.54. The second-order valence-electron chi connectivity index (χ2n) is 2.91. The lowest BCUT2D eigenvalue weighted by molar-refractivity contribution is -0.133. The Kier molecular flexibility index (Phi) is 1.55. The molecule has 0 bridgehead atoms. The van der Waals surface area contributed by atoms with E-state index in [2.05, 4.69) is 0 Å². The van der Waals surface area contributed by atoms with E-state index in [1.165, 1.54) is 0 Å². The van der Waals surface area contributed by atoms with Gasteiger partial charge in [0, 0.05) is 6.42 Å². The van der Waals surface area contributed by atoms with Crippen molar-refractivity contribution in [3.63, 3.8) is 0 Å². The first-order valence-corrected chi connectivity index (χ1v) is 3.41. The predicted molar refractivity (Wildman–Crippen MR) is 38.5 cm³/mol. The molecular formula is C8H12O2. The highest BCUT2D eigenvalue weighted by atomic mass is 16.5. The van der Waals surface area contributed by atoms with Gasteiger partial charge in [-0.15, -0.1) is 0 Å². The van der Waals surface area contributed by atoms with Crippen LogP contribution >= 0.6 is 0 Å². The third kappa shape index (κ3) is 1.06. The number of ketones is 1. The number of carbonyl (C=O) groups is 1. The molecule has 2 heteroatoms. The Morgan fingerprint density at radius 1 is 1.80 bits per heavy atom. The highest BCUT2D eigenvalue weighted by molar-refractivity contribution is 5.85. The molecule has 0 aliphatic carbocycles. The summed E-state index contributed by atoms with van der Waals surface area (Å²) in [5.74, 6) is 0.957. The minimum atomic E-state index is -0.565. The van der Waals surface area contributed by atoms with Gasteiger partial charge in [0.25, 0.3) is 0 Å². The number of hydrogen-bond acceptors (Lipinski definition) is 2. The zero-order valence-corrected chi connectivity index (χ0v) is 6.60. The lowest BCUT2D eigenvalue weighted by atomic mass is 9.99. The molecule has 1 aliphatic heterocycles. The molecule has 0 spiro atoms. The summed E-state index contributed by atoms with van der Waals surface area (Å²) in [6, 6.07) is 0. The summed E-state index contributed by atoms with van der Waals surface area (Å²) in [6.07, 6.45) is 2.66. The second-order valence-corrected chi connectivity index (χ2v) is 2.91. The maximum absolute atomic E-state index is 11.0. The normalized spacial score (nSPS) is 31.3. The lowest BCUT2D eigenvalue weighted by Crippen LogP contribution is -2.32. The summed E-state index contributed by atoms with van der Waals surface area (Å²) in [6.45, 7) is 5.25. The Balaban J connectivity index is 2.70. The van der Waals surface area contributed by atoms with Crippen LogP contribution in [0.15, 0.2) is 11.8 Å². The number of hydrogen-bond donors (Lipinski definition) is 0. The molecule has 0 fully saturated rings. The standard InChI is InChI=1S/C8H12O2/c1-6-4-5-8(3,10-6)7(2)9/h4H,5H2,1-3H3. The molecule has 0 aromatic carbocycles. The van der Waals surface area contributed by atoms with Gasteiger partial charge in [0.1, 0.15) is 0 Å². The van der Waals surface area contributed by atoms with Gasteiger partial charge in [-0.1, -0.05) is 0 Å². The number of carbonyl (C=O) groups excluding carboxylic acids is 1. The third-order valence-corrected chi connectivity index (χ3v) is 1.91. The average molecular weight is 140 g/mol. The zero-order valence-electron chi connectivity index (χ0n) is 6.60. The van der Waals surface area contributed by atoms with Crippen molar-refractivity contribution in [2.24, 2.45) is 0 Å². The van der Waals surface area contributed by atoms with Crippen LogP contribution in [0.1, 0.15) is 27.2 Å². The molecule has 0 saturated carbocycles. The molecule has 0 N–H and O–H groups in total. The van der Waals surface area contributed by atoms with E-state index in [1.54, 1.807) is 6.92 Å². The molecule has 0 aromatic heterocycles. The first-order valence-electron chi connectivity index (χ1n) is 3.41. The largest absolute Gasteiger partial charge is 0.484 e. The summed E-state index contributed by atoms with van der Waals surface area (Å²) in [7, 11) is 0. The number of rotatable bonds is 1. The van der Waals surface area contributed by atoms with Crippen molar-refractivity contribution < 1.29 is 9.53 Å². The van der Waals surface area contributed by atoms with Crippen molar-refractivity contribution in [3.8, 4) is 0 Å². The van der Waals surface area contributed by atoms with Gasteiger partial charge in [-0.05, 0) is 26.8 Å². The zero-order chi connectivity index (χ0) is 7.78. The molecule has 0 radical (unpaired) electrons. The fourth-order valence-corrected chi connectivity index (χ4v) is 0.993. The maximum atomic E-state index is 11.0. The number of ether oxygens (including phenoxy) is 1. The van der Waals surface area contributed by atoms with Gasteiger partial charge in [0.05, 0.1) is 5.76 Å². The predicted octanol–water partition coefficient (Wildman–Crippen LogP) is 1.66. The minimum Gasteiger partial charge on any atom is -0.484 e. The first kappa shape index (κ1) is 7.32. The van der Waals surface area contributed by atoms with Gasteiger partial charge in [-0.2, -0.15) is 0 Å². The molecule has 1 heterocycles. The second kappa shape index (κ2) is 2.11. The van der Waals surface area contributed by atoms with E-state index in [-0.39, 0.29) is 5.78 Å². The highest BCUT2D eigenvalue weighted by Gasteiger charge is 2.34. The van der Waals surface area contributed by atoms with Crippen molar-refractivity contribution in [2.45, 2.75) is 32.8 Å². The highest BCUT2D eigenvalue weighted by Crippen LogP contribution is 2.27. The van der Waals surface area contributed by atoms with Crippen molar-refractivity contribution in [2.75, 3.05) is 0 Å². The van der Waals surface area contributed by atoms with E-state index >= 15 is 0 Å². The van der Waals surface area contributed by atoms with Crippen molar-refractivity contribution in [1.82, 2.24) is 0 Å². The van der Waals surface area contributed by atoms with E-state index in [4.69, 9.17) is 4.74 Å². The van der Waals surface area contributed by atoms with Crippen molar-refractivity contribution in [1.29, 1.82) is 0 Å². The van der Waals surface area contributed by atoms with Crippen molar-refractivity contribution >= 4 is 5.78 Å². The van der Waals surface area contributed by atoms with Gasteiger partial charge in [-0.25, -0.2) is 0 Å². The van der Waals surface area contributed by atoms with Gasteiger partial charge in [0.15, 0.2) is 11.4 Å². The van der Waals surface area contributed by atoms with Crippen LogP contribution < -0.4 is 0 Å². The monoisotopic (exact) mass is 140 g/mol. The quantitative estimate of drug-likeness (QED) is 0.553. The Labute approximate surface area is 60.9 Å². The molecule has 1 rings (SSSR count). The van der Waals surface area contributed by atoms with E-state index in [0.717, 1.165) is 5.76 Å². The van der Waals surface area contributed by atoms with Crippen LogP contribution in [0.5, 0.6) is 0 Å². The number of Topliss-reactive ketones (excluding diaryl/α,β-unsaturated/α-hetero) is 1. The van der Waals surface area contributed by atoms with Crippen LogP contribution in [0.2, 0.25) is 0 Å². The van der Waals surface area contributed by atoms with Crippen LogP contribution in [0, 0.1) is 0 Å². The molecule has 1 unspecified atom stereocenters. The van der Waals surface area contributed by atoms with E-state index < -0.39 is 5.60 Å². The summed E-state index contributed by atoms with van der Waals surface area (Å²) >= 11 is 0. The SMILES string of the molecule is CC(=O)C1(C)CC=C(C)O1. The molecule has 0 aromatic rings. The lowest BCUT2D eigenvalue weighted by Gasteiger charge is -2.20. The molecular weight excluding hydrogens is 128 g/mol. The Morgan fingerprint density at radius 3 is 2.60 bits per heavy atom. The Hall–Kier alpha value is -0.790. The van der Waals surface area contributed by atoms with Gasteiger partial charge in [0.2, 0.25) is 0 Å². The fourth-order valence-electron chi connectivity index (χ4n) is 0.993. The molecule has 0 saturated heterocycles. The van der Waals surface area contributed by atoms with Crippen molar-refractivity contribution in [3.05, 3.63) is 11.8 Å². The maximum Gasteiger partial charge on any atom is 0.173 e. The summed E-state index contributed by atoms with van der Waals surface area (Å²) in [5.41, 5.74) is -0.565. The summed E-state index contributed by atoms with van der Waals surface area (Å²) < 4.78 is 5.32. The smallest absolute Gasteiger partial charge is 0.173 e. The fraction of sp³-hybridized carbons (Fsp3) is 0.625. The van der Waals surface area contributed by atoms with E-state index in [1.807, 2.05) is 19.9 Å². The molecule has 0 amide bonds.